The van der Waals surface area contributed by atoms with E-state index in [-0.39, 0.29) is 47.5 Å². The van der Waals surface area contributed by atoms with Gasteiger partial charge in [-0.15, -0.1) is 0 Å². The smallest absolute Gasteiger partial charge is 0.318 e. The minimum Gasteiger partial charge on any atom is -0.491 e. The van der Waals surface area contributed by atoms with Crippen molar-refractivity contribution < 1.29 is 27.5 Å². The van der Waals surface area contributed by atoms with Crippen LogP contribution in [0.1, 0.15) is 28.4 Å². The average Bonchev–Trinajstić information content (AvgIpc) is 3.10. The first-order valence-electron chi connectivity index (χ1n) is 11.4. The first kappa shape index (κ1) is 25.3. The molecule has 10 heteroatoms. The molecule has 0 bridgehead atoms. The van der Waals surface area contributed by atoms with Gasteiger partial charge in [0.05, 0.1) is 6.54 Å². The Morgan fingerprint density at radius 1 is 1.11 bits per heavy atom. The number of nitrogens with zero attached hydrogens (tertiary/aromatic N) is 1. The Kier molecular flexibility index (Phi) is 7.66. The van der Waals surface area contributed by atoms with Crippen LogP contribution < -0.4 is 15.4 Å². The molecular formula is C26H26FN3O5S. The normalized spacial score (nSPS) is 13.7. The zero-order valence-corrected chi connectivity index (χ0v) is 20.7. The molecule has 0 aliphatic carbocycles. The zero-order chi connectivity index (χ0) is 25.8. The fourth-order valence-electron chi connectivity index (χ4n) is 4.14. The number of anilines is 1. The van der Waals surface area contributed by atoms with E-state index in [1.807, 2.05) is 30.3 Å². The zero-order valence-electron chi connectivity index (χ0n) is 19.8. The van der Waals surface area contributed by atoms with E-state index in [0.29, 0.717) is 18.0 Å². The van der Waals surface area contributed by atoms with Gasteiger partial charge in [0.25, 0.3) is 5.91 Å². The summed E-state index contributed by atoms with van der Waals surface area (Å²) in [6, 6.07) is 15.4. The van der Waals surface area contributed by atoms with Crippen LogP contribution in [0.5, 0.6) is 5.75 Å². The molecule has 0 aromatic heterocycles. The van der Waals surface area contributed by atoms with E-state index < -0.39 is 16.9 Å². The summed E-state index contributed by atoms with van der Waals surface area (Å²) in [4.78, 5) is 26.2. The molecule has 3 aromatic carbocycles. The maximum absolute atomic E-state index is 14.8. The van der Waals surface area contributed by atoms with Gasteiger partial charge in [-0.05, 0) is 53.9 Å². The highest BCUT2D eigenvalue weighted by atomic mass is 32.2. The summed E-state index contributed by atoms with van der Waals surface area (Å²) in [5.41, 5.74) is 3.58. The van der Waals surface area contributed by atoms with E-state index in [2.05, 4.69) is 10.6 Å². The van der Waals surface area contributed by atoms with Crippen molar-refractivity contribution in [3.8, 4) is 16.9 Å². The van der Waals surface area contributed by atoms with Crippen molar-refractivity contribution in [3.05, 3.63) is 77.1 Å². The van der Waals surface area contributed by atoms with Gasteiger partial charge in [-0.2, -0.15) is 0 Å². The Bertz CT molecular complexity index is 1330. The molecule has 0 spiro atoms. The lowest BCUT2D eigenvalue weighted by atomic mass is 10.0. The van der Waals surface area contributed by atoms with E-state index in [1.54, 1.807) is 31.0 Å². The minimum atomic E-state index is -2.48. The van der Waals surface area contributed by atoms with Gasteiger partial charge in [0.2, 0.25) is 0 Å². The molecule has 0 fully saturated rings. The van der Waals surface area contributed by atoms with Crippen LogP contribution in [-0.4, -0.2) is 45.8 Å². The van der Waals surface area contributed by atoms with E-state index in [4.69, 9.17) is 4.74 Å². The first-order chi connectivity index (χ1) is 17.3. The molecule has 36 heavy (non-hydrogen) atoms. The van der Waals surface area contributed by atoms with Crippen molar-refractivity contribution in [3.63, 3.8) is 0 Å². The van der Waals surface area contributed by atoms with Gasteiger partial charge in [0.15, 0.2) is 11.1 Å². The summed E-state index contributed by atoms with van der Waals surface area (Å²) in [6.07, 6.45) is 0.202. The summed E-state index contributed by atoms with van der Waals surface area (Å²) in [5.74, 6) is -0.528. The van der Waals surface area contributed by atoms with Crippen LogP contribution in [0.4, 0.5) is 14.9 Å². The Morgan fingerprint density at radius 2 is 1.83 bits per heavy atom. The van der Waals surface area contributed by atoms with Gasteiger partial charge < -0.3 is 24.8 Å². The molecule has 1 aliphatic rings. The van der Waals surface area contributed by atoms with E-state index in [0.717, 1.165) is 16.7 Å². The predicted octanol–water partition coefficient (Wildman–Crippen LogP) is 4.42. The maximum atomic E-state index is 14.8. The van der Waals surface area contributed by atoms with Gasteiger partial charge in [-0.3, -0.25) is 4.79 Å². The fourth-order valence-corrected chi connectivity index (χ4v) is 4.60. The number of nitrogens with one attached hydrogen (secondary N) is 2. The third-order valence-corrected chi connectivity index (χ3v) is 6.70. The number of carbonyl (C=O) groups excluding carboxylic acids is 2. The molecular weight excluding hydrogens is 485 g/mol. The van der Waals surface area contributed by atoms with Gasteiger partial charge in [-0.1, -0.05) is 25.1 Å². The summed E-state index contributed by atoms with van der Waals surface area (Å²) in [5, 5.41) is 5.21. The van der Waals surface area contributed by atoms with Gasteiger partial charge in [0.1, 0.15) is 23.1 Å². The molecule has 1 atom stereocenters. The first-order valence-corrected chi connectivity index (χ1v) is 12.5. The lowest BCUT2D eigenvalue weighted by Crippen LogP contribution is -2.33. The summed E-state index contributed by atoms with van der Waals surface area (Å²) < 4.78 is 41.4. The van der Waals surface area contributed by atoms with Gasteiger partial charge in [-0.25, -0.2) is 13.4 Å². The van der Waals surface area contributed by atoms with Crippen LogP contribution in [0, 0.1) is 5.82 Å². The number of benzene rings is 3. The summed E-state index contributed by atoms with van der Waals surface area (Å²) in [7, 11) is 1.54. The van der Waals surface area contributed by atoms with Crippen molar-refractivity contribution in [2.45, 2.75) is 24.8 Å². The number of ether oxygens (including phenoxy) is 1. The second kappa shape index (κ2) is 10.9. The minimum absolute atomic E-state index is 0.115. The molecule has 3 N–H and O–H groups in total. The summed E-state index contributed by atoms with van der Waals surface area (Å²) >= 11 is -2.48. The Hall–Kier alpha value is -3.76. The van der Waals surface area contributed by atoms with Crippen molar-refractivity contribution in [1.29, 1.82) is 0 Å². The molecule has 188 valence electrons. The number of hydrogen-bond acceptors (Lipinski definition) is 4. The third-order valence-electron chi connectivity index (χ3n) is 6.01. The highest BCUT2D eigenvalue weighted by Crippen LogP contribution is 2.31. The molecule has 1 unspecified atom stereocenters. The average molecular weight is 512 g/mol. The number of amides is 3. The molecule has 4 rings (SSSR count). The highest BCUT2D eigenvalue weighted by Gasteiger charge is 2.26. The van der Waals surface area contributed by atoms with E-state index in [9.17, 15) is 22.7 Å². The molecule has 1 heterocycles. The van der Waals surface area contributed by atoms with Crippen molar-refractivity contribution >= 4 is 28.7 Å². The lowest BCUT2D eigenvalue weighted by Gasteiger charge is -2.22. The van der Waals surface area contributed by atoms with Crippen molar-refractivity contribution in [1.82, 2.24) is 10.2 Å². The molecule has 3 aromatic rings. The van der Waals surface area contributed by atoms with Crippen LogP contribution in [0.2, 0.25) is 0 Å². The number of rotatable bonds is 5. The lowest BCUT2D eigenvalue weighted by molar-refractivity contribution is 0.0731. The van der Waals surface area contributed by atoms with E-state index >= 15 is 0 Å². The van der Waals surface area contributed by atoms with Crippen LogP contribution in [-0.2, 0) is 24.0 Å². The second-order valence-corrected chi connectivity index (χ2v) is 9.12. The summed E-state index contributed by atoms with van der Waals surface area (Å²) in [6.45, 7) is 2.54. The number of hydrogen-bond donors (Lipinski definition) is 3. The molecule has 0 saturated carbocycles. The van der Waals surface area contributed by atoms with Crippen LogP contribution in [0.3, 0.4) is 0 Å². The molecule has 0 radical (unpaired) electrons. The Balaban J connectivity index is 1.60. The quantitative estimate of drug-likeness (QED) is 0.440. The topological polar surface area (TPSA) is 108 Å². The predicted molar refractivity (Wildman–Crippen MR) is 135 cm³/mol. The Morgan fingerprint density at radius 3 is 2.50 bits per heavy atom. The number of urea groups is 1. The SMILES string of the molecule is CCc1c(C(=O)N2CCOc3ccc(-c4ccc(NC(=O)NC)cc4)cc3C2)ccc(S(=O)O)c1F. The van der Waals surface area contributed by atoms with Crippen LogP contribution >= 0.6 is 0 Å². The molecule has 1 aliphatic heterocycles. The van der Waals surface area contributed by atoms with E-state index in [1.165, 1.54) is 12.1 Å². The Labute approximate surface area is 210 Å². The largest absolute Gasteiger partial charge is 0.491 e. The fraction of sp³-hybridized carbons (Fsp3) is 0.231. The monoisotopic (exact) mass is 511 g/mol. The van der Waals surface area contributed by atoms with Crippen molar-refractivity contribution in [2.75, 3.05) is 25.5 Å². The number of carbonyl (C=O) groups is 2. The van der Waals surface area contributed by atoms with Crippen LogP contribution in [0.15, 0.2) is 59.5 Å². The molecule has 0 saturated heterocycles. The maximum Gasteiger partial charge on any atom is 0.318 e. The highest BCUT2D eigenvalue weighted by molar-refractivity contribution is 7.79. The van der Waals surface area contributed by atoms with Gasteiger partial charge >= 0.3 is 6.03 Å². The number of fused-ring (bicyclic) bond motifs is 1. The number of halogens is 1. The van der Waals surface area contributed by atoms with Crippen LogP contribution in [0.25, 0.3) is 11.1 Å². The van der Waals surface area contributed by atoms with Gasteiger partial charge in [0, 0.05) is 36.0 Å². The molecule has 3 amide bonds. The standard InChI is InChI=1S/C26H26FN3O5S/c1-3-20-21(9-11-23(24(20)27)36(33)34)25(31)30-12-13-35-22-10-6-17(14-18(22)15-30)16-4-7-19(8-5-16)29-26(32)28-2/h4-11,14H,3,12-13,15H2,1-2H3,(H,33,34)(H2,28,29,32). The second-order valence-electron chi connectivity index (χ2n) is 8.19. The third kappa shape index (κ3) is 5.24. The molecule has 8 nitrogen and oxygen atoms in total. The van der Waals surface area contributed by atoms with Crippen molar-refractivity contribution in [2.24, 2.45) is 0 Å².